The van der Waals surface area contributed by atoms with Crippen molar-refractivity contribution in [2.24, 2.45) is 0 Å². The Kier molecular flexibility index (Phi) is 8.51. The number of rotatable bonds is 10. The van der Waals surface area contributed by atoms with Gasteiger partial charge in [0.1, 0.15) is 5.75 Å². The monoisotopic (exact) mass is 293 g/mol. The second-order valence-corrected chi connectivity index (χ2v) is 4.95. The summed E-state index contributed by atoms with van der Waals surface area (Å²) in [6.45, 7) is 9.01. The molecule has 0 aliphatic heterocycles. The maximum Gasteiger partial charge on any atom is 0.338 e. The zero-order chi connectivity index (χ0) is 15.5. The fourth-order valence-electron chi connectivity index (χ4n) is 2.04. The predicted octanol–water partition coefficient (Wildman–Crippen LogP) is 3.33. The first-order chi connectivity index (χ1) is 10.2. The molecule has 1 aromatic carbocycles. The largest absolute Gasteiger partial charge is 0.493 e. The standard InChI is InChI=1S/C17H27NO3/c1-4-11-18-12-6-7-13-21-16-10-8-9-15(14(16)3)17(19)20-5-2/h8-10,18H,4-7,11-13H2,1-3H3. The minimum absolute atomic E-state index is 0.288. The van der Waals surface area contributed by atoms with Gasteiger partial charge in [0.05, 0.1) is 18.8 Å². The van der Waals surface area contributed by atoms with Crippen LogP contribution in [0.25, 0.3) is 0 Å². The molecule has 118 valence electrons. The summed E-state index contributed by atoms with van der Waals surface area (Å²) < 4.78 is 10.8. The number of hydrogen-bond donors (Lipinski definition) is 1. The Hall–Kier alpha value is -1.55. The predicted molar refractivity (Wildman–Crippen MR) is 85.0 cm³/mol. The lowest BCUT2D eigenvalue weighted by Gasteiger charge is -2.12. The first-order valence-corrected chi connectivity index (χ1v) is 7.81. The van der Waals surface area contributed by atoms with E-state index in [-0.39, 0.29) is 5.97 Å². The lowest BCUT2D eigenvalue weighted by Crippen LogP contribution is -2.16. The quantitative estimate of drug-likeness (QED) is 0.531. The molecule has 0 spiro atoms. The molecule has 0 aromatic heterocycles. The van der Waals surface area contributed by atoms with Crippen molar-refractivity contribution in [3.05, 3.63) is 29.3 Å². The van der Waals surface area contributed by atoms with E-state index in [1.807, 2.05) is 19.1 Å². The van der Waals surface area contributed by atoms with Crippen LogP contribution in [0.5, 0.6) is 5.75 Å². The summed E-state index contributed by atoms with van der Waals surface area (Å²) in [5, 5.41) is 3.37. The second-order valence-electron chi connectivity index (χ2n) is 4.95. The number of ether oxygens (including phenoxy) is 2. The van der Waals surface area contributed by atoms with Gasteiger partial charge in [0.25, 0.3) is 0 Å². The molecule has 1 N–H and O–H groups in total. The van der Waals surface area contributed by atoms with E-state index >= 15 is 0 Å². The molecule has 1 aromatic rings. The highest BCUT2D eigenvalue weighted by Crippen LogP contribution is 2.22. The van der Waals surface area contributed by atoms with E-state index in [2.05, 4.69) is 12.2 Å². The molecule has 0 heterocycles. The Morgan fingerprint density at radius 1 is 1.19 bits per heavy atom. The van der Waals surface area contributed by atoms with Gasteiger partial charge in [-0.25, -0.2) is 4.79 Å². The number of benzene rings is 1. The van der Waals surface area contributed by atoms with E-state index in [0.29, 0.717) is 18.8 Å². The molecule has 4 heteroatoms. The van der Waals surface area contributed by atoms with Crippen molar-refractivity contribution < 1.29 is 14.3 Å². The van der Waals surface area contributed by atoms with Crippen LogP contribution in [0, 0.1) is 6.92 Å². The fourth-order valence-corrected chi connectivity index (χ4v) is 2.04. The first kappa shape index (κ1) is 17.5. The summed E-state index contributed by atoms with van der Waals surface area (Å²) in [4.78, 5) is 11.8. The molecule has 21 heavy (non-hydrogen) atoms. The van der Waals surface area contributed by atoms with Crippen LogP contribution in [0.3, 0.4) is 0 Å². The minimum atomic E-state index is -0.288. The topological polar surface area (TPSA) is 47.6 Å². The zero-order valence-electron chi connectivity index (χ0n) is 13.4. The number of carbonyl (C=O) groups is 1. The number of unbranched alkanes of at least 4 members (excludes halogenated alkanes) is 1. The smallest absolute Gasteiger partial charge is 0.338 e. The number of carbonyl (C=O) groups excluding carboxylic acids is 1. The Balaban J connectivity index is 2.41. The third kappa shape index (κ3) is 6.17. The first-order valence-electron chi connectivity index (χ1n) is 7.81. The van der Waals surface area contributed by atoms with E-state index in [0.717, 1.165) is 43.7 Å². The molecule has 1 rings (SSSR count). The Morgan fingerprint density at radius 3 is 2.71 bits per heavy atom. The highest BCUT2D eigenvalue weighted by Gasteiger charge is 2.13. The summed E-state index contributed by atoms with van der Waals surface area (Å²) in [5.41, 5.74) is 1.43. The summed E-state index contributed by atoms with van der Waals surface area (Å²) in [6.07, 6.45) is 3.26. The molecule has 0 aliphatic carbocycles. The van der Waals surface area contributed by atoms with Gasteiger partial charge in [0, 0.05) is 5.56 Å². The molecular formula is C17H27NO3. The van der Waals surface area contributed by atoms with Gasteiger partial charge < -0.3 is 14.8 Å². The van der Waals surface area contributed by atoms with Crippen molar-refractivity contribution in [2.75, 3.05) is 26.3 Å². The lowest BCUT2D eigenvalue weighted by atomic mass is 10.1. The van der Waals surface area contributed by atoms with E-state index < -0.39 is 0 Å². The van der Waals surface area contributed by atoms with Crippen molar-refractivity contribution in [3.8, 4) is 5.75 Å². The van der Waals surface area contributed by atoms with Crippen LogP contribution in [0.2, 0.25) is 0 Å². The summed E-state index contributed by atoms with van der Waals surface area (Å²) in [6, 6.07) is 5.50. The SMILES string of the molecule is CCCNCCCCOc1cccc(C(=O)OCC)c1C. The molecule has 4 nitrogen and oxygen atoms in total. The van der Waals surface area contributed by atoms with Crippen LogP contribution < -0.4 is 10.1 Å². The molecular weight excluding hydrogens is 266 g/mol. The fraction of sp³-hybridized carbons (Fsp3) is 0.588. The third-order valence-electron chi connectivity index (χ3n) is 3.21. The Morgan fingerprint density at radius 2 is 2.00 bits per heavy atom. The average Bonchev–Trinajstić information content (AvgIpc) is 2.48. The van der Waals surface area contributed by atoms with E-state index in [4.69, 9.17) is 9.47 Å². The van der Waals surface area contributed by atoms with Crippen molar-refractivity contribution in [3.63, 3.8) is 0 Å². The normalized spacial score (nSPS) is 10.4. The molecule has 0 aliphatic rings. The average molecular weight is 293 g/mol. The molecule has 0 bridgehead atoms. The van der Waals surface area contributed by atoms with Gasteiger partial charge in [-0.3, -0.25) is 0 Å². The van der Waals surface area contributed by atoms with E-state index in [9.17, 15) is 4.79 Å². The van der Waals surface area contributed by atoms with Crippen LogP contribution >= 0.6 is 0 Å². The van der Waals surface area contributed by atoms with Crippen molar-refractivity contribution >= 4 is 5.97 Å². The van der Waals surface area contributed by atoms with Gasteiger partial charge in [0.15, 0.2) is 0 Å². The molecule has 0 saturated heterocycles. The summed E-state index contributed by atoms with van der Waals surface area (Å²) in [7, 11) is 0. The number of hydrogen-bond acceptors (Lipinski definition) is 4. The van der Waals surface area contributed by atoms with Crippen molar-refractivity contribution in [2.45, 2.75) is 40.0 Å². The van der Waals surface area contributed by atoms with E-state index in [1.54, 1.807) is 13.0 Å². The van der Waals surface area contributed by atoms with Crippen LogP contribution in [-0.4, -0.2) is 32.3 Å². The summed E-state index contributed by atoms with van der Waals surface area (Å²) in [5.74, 6) is 0.478. The van der Waals surface area contributed by atoms with Gasteiger partial charge in [-0.15, -0.1) is 0 Å². The molecule has 0 atom stereocenters. The highest BCUT2D eigenvalue weighted by molar-refractivity contribution is 5.91. The Labute approximate surface area is 127 Å². The second kappa shape index (κ2) is 10.2. The van der Waals surface area contributed by atoms with E-state index in [1.165, 1.54) is 0 Å². The zero-order valence-corrected chi connectivity index (χ0v) is 13.4. The van der Waals surface area contributed by atoms with Crippen LogP contribution in [-0.2, 0) is 4.74 Å². The van der Waals surface area contributed by atoms with Gasteiger partial charge in [-0.1, -0.05) is 13.0 Å². The molecule has 0 unspecified atom stereocenters. The maximum atomic E-state index is 11.8. The molecule has 0 saturated carbocycles. The molecule has 0 fully saturated rings. The molecule has 0 radical (unpaired) electrons. The highest BCUT2D eigenvalue weighted by atomic mass is 16.5. The minimum Gasteiger partial charge on any atom is -0.493 e. The van der Waals surface area contributed by atoms with Gasteiger partial charge >= 0.3 is 5.97 Å². The number of esters is 1. The lowest BCUT2D eigenvalue weighted by molar-refractivity contribution is 0.0525. The van der Waals surface area contributed by atoms with Crippen LogP contribution in [0.15, 0.2) is 18.2 Å². The number of nitrogens with one attached hydrogen (secondary N) is 1. The Bertz CT molecular complexity index is 432. The third-order valence-corrected chi connectivity index (χ3v) is 3.21. The van der Waals surface area contributed by atoms with Crippen LogP contribution in [0.4, 0.5) is 0 Å². The van der Waals surface area contributed by atoms with Crippen molar-refractivity contribution in [1.29, 1.82) is 0 Å². The maximum absolute atomic E-state index is 11.8. The molecule has 0 amide bonds. The van der Waals surface area contributed by atoms with Crippen LogP contribution in [0.1, 0.15) is 49.0 Å². The van der Waals surface area contributed by atoms with Gasteiger partial charge in [-0.2, -0.15) is 0 Å². The van der Waals surface area contributed by atoms with Crippen molar-refractivity contribution in [1.82, 2.24) is 5.32 Å². The summed E-state index contributed by atoms with van der Waals surface area (Å²) >= 11 is 0. The van der Waals surface area contributed by atoms with Gasteiger partial charge in [0.2, 0.25) is 0 Å². The van der Waals surface area contributed by atoms with Gasteiger partial charge in [-0.05, 0) is 58.3 Å².